The Morgan fingerprint density at radius 2 is 2.04 bits per heavy atom. The molecule has 2 heterocycles. The molecule has 0 fully saturated rings. The van der Waals surface area contributed by atoms with Crippen molar-refractivity contribution in [1.29, 1.82) is 0 Å². The van der Waals surface area contributed by atoms with Gasteiger partial charge in [-0.25, -0.2) is 0 Å². The number of anilines is 1. The summed E-state index contributed by atoms with van der Waals surface area (Å²) >= 11 is 0. The lowest BCUT2D eigenvalue weighted by molar-refractivity contribution is -0.509. The Hall–Kier alpha value is -3.30. The minimum Gasteiger partial charge on any atom is -0.504 e. The zero-order chi connectivity index (χ0) is 19.2. The number of aromatic amines is 1. The van der Waals surface area contributed by atoms with E-state index in [9.17, 15) is 24.8 Å². The topological polar surface area (TPSA) is 139 Å². The third-order valence-electron chi connectivity index (χ3n) is 4.41. The summed E-state index contributed by atoms with van der Waals surface area (Å²) in [6, 6.07) is 2.33. The van der Waals surface area contributed by atoms with Crippen LogP contribution in [0.3, 0.4) is 0 Å². The molecule has 0 spiro atoms. The number of hydrogen-bond acceptors (Lipinski definition) is 6. The molecule has 1 aliphatic rings. The summed E-state index contributed by atoms with van der Waals surface area (Å²) in [6.07, 6.45) is 0. The minimum absolute atomic E-state index is 0.0876. The molecule has 2 aromatic rings. The summed E-state index contributed by atoms with van der Waals surface area (Å²) in [4.78, 5) is 35.8. The Labute approximate surface area is 147 Å². The number of carbonyl (C=O) groups is 1. The average molecular weight is 362 g/mol. The van der Waals surface area contributed by atoms with Crippen LogP contribution in [-0.4, -0.2) is 38.9 Å². The van der Waals surface area contributed by atoms with Gasteiger partial charge in [0.2, 0.25) is 0 Å². The number of benzene rings is 1. The number of hydrogen-bond donors (Lipinski definition) is 3. The van der Waals surface area contributed by atoms with Crippen molar-refractivity contribution in [2.75, 3.05) is 12.4 Å². The third kappa shape index (κ3) is 2.59. The molecule has 3 N–H and O–H groups in total. The largest absolute Gasteiger partial charge is 0.504 e. The maximum Gasteiger partial charge on any atom is 0.301 e. The Balaban J connectivity index is 2.27. The zero-order valence-corrected chi connectivity index (χ0v) is 14.3. The first-order valence-electron chi connectivity index (χ1n) is 7.92. The Morgan fingerprint density at radius 1 is 1.35 bits per heavy atom. The first-order valence-corrected chi connectivity index (χ1v) is 7.92. The number of fused-ring (bicyclic) bond motifs is 1. The molecule has 10 nitrogen and oxygen atoms in total. The number of aromatic hydroxyl groups is 1. The van der Waals surface area contributed by atoms with Gasteiger partial charge < -0.3 is 15.2 Å². The lowest BCUT2D eigenvalue weighted by atomic mass is 9.83. The van der Waals surface area contributed by atoms with Gasteiger partial charge in [0.05, 0.1) is 18.6 Å². The Morgan fingerprint density at radius 3 is 2.58 bits per heavy atom. The molecule has 1 amide bonds. The van der Waals surface area contributed by atoms with E-state index in [0.717, 1.165) is 0 Å². The molecular weight excluding hydrogens is 344 g/mol. The predicted molar refractivity (Wildman–Crippen MR) is 91.4 cm³/mol. The number of phenols is 1. The summed E-state index contributed by atoms with van der Waals surface area (Å²) < 4.78 is 6.44. The zero-order valence-electron chi connectivity index (χ0n) is 14.3. The Kier molecular flexibility index (Phi) is 4.18. The molecule has 1 aromatic carbocycles. The smallest absolute Gasteiger partial charge is 0.301 e. The second-order valence-corrected chi connectivity index (χ2v) is 6.30. The van der Waals surface area contributed by atoms with Gasteiger partial charge in [0, 0.05) is 11.0 Å². The van der Waals surface area contributed by atoms with E-state index in [1.165, 1.54) is 30.0 Å². The van der Waals surface area contributed by atoms with Gasteiger partial charge in [-0.1, -0.05) is 6.07 Å². The second kappa shape index (κ2) is 6.21. The molecule has 1 aromatic heterocycles. The van der Waals surface area contributed by atoms with Crippen molar-refractivity contribution in [3.63, 3.8) is 0 Å². The number of phenolic OH excluding ortho intramolecular Hbond substituents is 1. The fourth-order valence-electron chi connectivity index (χ4n) is 3.23. The minimum atomic E-state index is -1.69. The fraction of sp³-hybridized carbons (Fsp3) is 0.375. The summed E-state index contributed by atoms with van der Waals surface area (Å²) in [5.41, 5.74) is -0.168. The normalized spacial score (nSPS) is 19.2. The highest BCUT2D eigenvalue weighted by molar-refractivity contribution is 5.98. The van der Waals surface area contributed by atoms with Crippen LogP contribution in [0.25, 0.3) is 0 Å². The number of amides is 1. The van der Waals surface area contributed by atoms with Gasteiger partial charge in [0.15, 0.2) is 11.5 Å². The van der Waals surface area contributed by atoms with Crippen LogP contribution in [0.2, 0.25) is 0 Å². The number of nitro groups is 1. The van der Waals surface area contributed by atoms with Crippen molar-refractivity contribution in [3.8, 4) is 11.5 Å². The highest BCUT2D eigenvalue weighted by atomic mass is 16.6. The number of methoxy groups -OCH3 is 1. The number of carbonyl (C=O) groups excluding carboxylic acids is 1. The van der Waals surface area contributed by atoms with Crippen LogP contribution in [0.5, 0.6) is 11.5 Å². The van der Waals surface area contributed by atoms with Gasteiger partial charge in [0.25, 0.3) is 5.56 Å². The van der Waals surface area contributed by atoms with Crippen molar-refractivity contribution < 1.29 is 19.6 Å². The standard InChI is InChI=1S/C16H18N4O6/c1-7(2)19-14-12(15(22)18-19)11(13(20(24)25)16(23)17-14)8-4-5-10(26-3)9(21)6-8/h4-7,11,13,21H,1-3H3,(H,17,23)(H,18,22)/t11-,13+/m0/s1. The molecule has 138 valence electrons. The Bertz CT molecular complexity index is 945. The second-order valence-electron chi connectivity index (χ2n) is 6.30. The fourth-order valence-corrected chi connectivity index (χ4v) is 3.23. The van der Waals surface area contributed by atoms with E-state index in [0.29, 0.717) is 0 Å². The first-order chi connectivity index (χ1) is 12.3. The number of nitrogens with zero attached hydrogens (tertiary/aromatic N) is 2. The molecule has 3 rings (SSSR count). The van der Waals surface area contributed by atoms with Crippen molar-refractivity contribution in [2.24, 2.45) is 0 Å². The predicted octanol–water partition coefficient (Wildman–Crippen LogP) is 1.20. The summed E-state index contributed by atoms with van der Waals surface area (Å²) in [7, 11) is 1.37. The van der Waals surface area contributed by atoms with E-state index in [1.54, 1.807) is 13.8 Å². The number of nitrogens with one attached hydrogen (secondary N) is 2. The van der Waals surface area contributed by atoms with Crippen molar-refractivity contribution >= 4 is 11.7 Å². The van der Waals surface area contributed by atoms with Crippen LogP contribution in [0.4, 0.5) is 5.82 Å². The molecule has 0 radical (unpaired) electrons. The molecule has 2 atom stereocenters. The molecule has 0 saturated carbocycles. The highest BCUT2D eigenvalue weighted by Crippen LogP contribution is 2.39. The first kappa shape index (κ1) is 17.5. The van der Waals surface area contributed by atoms with Crippen LogP contribution < -0.4 is 15.6 Å². The van der Waals surface area contributed by atoms with E-state index in [-0.39, 0.29) is 34.5 Å². The van der Waals surface area contributed by atoms with Gasteiger partial charge in [-0.3, -0.25) is 29.5 Å². The molecule has 1 aliphatic heterocycles. The van der Waals surface area contributed by atoms with Crippen molar-refractivity contribution in [1.82, 2.24) is 9.78 Å². The van der Waals surface area contributed by atoms with E-state index < -0.39 is 28.3 Å². The molecule has 0 aliphatic carbocycles. The quantitative estimate of drug-likeness (QED) is 0.551. The van der Waals surface area contributed by atoms with E-state index in [1.807, 2.05) is 0 Å². The maximum atomic E-state index is 12.5. The number of rotatable bonds is 4. The van der Waals surface area contributed by atoms with Crippen LogP contribution in [0, 0.1) is 10.1 Å². The van der Waals surface area contributed by atoms with Gasteiger partial charge in [0.1, 0.15) is 5.82 Å². The molecule has 0 bridgehead atoms. The summed E-state index contributed by atoms with van der Waals surface area (Å²) in [6.45, 7) is 3.60. The van der Waals surface area contributed by atoms with Crippen LogP contribution >= 0.6 is 0 Å². The van der Waals surface area contributed by atoms with E-state index in [4.69, 9.17) is 4.74 Å². The van der Waals surface area contributed by atoms with Gasteiger partial charge in [-0.2, -0.15) is 0 Å². The summed E-state index contributed by atoms with van der Waals surface area (Å²) in [5, 5.41) is 26.7. The van der Waals surface area contributed by atoms with Crippen LogP contribution in [-0.2, 0) is 4.79 Å². The summed E-state index contributed by atoms with van der Waals surface area (Å²) in [5.74, 6) is -1.82. The van der Waals surface area contributed by atoms with E-state index >= 15 is 0 Å². The SMILES string of the molecule is COc1ccc([C@H]2c3c(n(C(C)C)[nH]c3=O)NC(=O)[C@@H]2[N+](=O)[O-])cc1O. The molecular formula is C16H18N4O6. The lowest BCUT2D eigenvalue weighted by Gasteiger charge is -2.26. The van der Waals surface area contributed by atoms with Gasteiger partial charge in [-0.05, 0) is 31.5 Å². The molecule has 0 saturated heterocycles. The maximum absolute atomic E-state index is 12.5. The molecule has 26 heavy (non-hydrogen) atoms. The van der Waals surface area contributed by atoms with Crippen LogP contribution in [0.1, 0.15) is 36.9 Å². The molecule has 10 heteroatoms. The van der Waals surface area contributed by atoms with Gasteiger partial charge in [-0.15, -0.1) is 0 Å². The third-order valence-corrected chi connectivity index (χ3v) is 4.41. The highest BCUT2D eigenvalue weighted by Gasteiger charge is 2.48. The lowest BCUT2D eigenvalue weighted by Crippen LogP contribution is -2.45. The van der Waals surface area contributed by atoms with Gasteiger partial charge >= 0.3 is 11.9 Å². The average Bonchev–Trinajstić information content (AvgIpc) is 2.90. The number of ether oxygens (including phenoxy) is 1. The molecule has 0 unspecified atom stereocenters. The number of aromatic nitrogens is 2. The van der Waals surface area contributed by atoms with Crippen LogP contribution in [0.15, 0.2) is 23.0 Å². The van der Waals surface area contributed by atoms with Crippen molar-refractivity contribution in [3.05, 3.63) is 49.8 Å². The monoisotopic (exact) mass is 362 g/mol. The number of H-pyrrole nitrogens is 1. The van der Waals surface area contributed by atoms with Crippen molar-refractivity contribution in [2.45, 2.75) is 31.8 Å². The van der Waals surface area contributed by atoms with E-state index in [2.05, 4.69) is 10.4 Å².